The van der Waals surface area contributed by atoms with Crippen molar-refractivity contribution in [3.63, 3.8) is 0 Å². The molecule has 0 aliphatic carbocycles. The lowest BCUT2D eigenvalue weighted by Gasteiger charge is -2.17. The Labute approximate surface area is 93.8 Å². The lowest BCUT2D eigenvalue weighted by atomic mass is 9.93. The normalized spacial score (nSPS) is 14.0. The van der Waals surface area contributed by atoms with Crippen molar-refractivity contribution in [3.8, 4) is 11.5 Å². The number of aryl methyl sites for hydroxylation is 1. The second-order valence-electron chi connectivity index (χ2n) is 4.41. The van der Waals surface area contributed by atoms with Gasteiger partial charge in [0.15, 0.2) is 17.3 Å². The topological polar surface area (TPSA) is 55.8 Å². The van der Waals surface area contributed by atoms with E-state index in [1.165, 1.54) is 13.8 Å². The van der Waals surface area contributed by atoms with Crippen molar-refractivity contribution in [1.29, 1.82) is 0 Å². The summed E-state index contributed by atoms with van der Waals surface area (Å²) in [6, 6.07) is 3.37. The molecular weight excluding hydrogens is 208 g/mol. The summed E-state index contributed by atoms with van der Waals surface area (Å²) in [6.45, 7) is 4.93. The second-order valence-corrected chi connectivity index (χ2v) is 4.41. The molecule has 16 heavy (non-hydrogen) atoms. The van der Waals surface area contributed by atoms with Crippen molar-refractivity contribution >= 4 is 5.78 Å². The van der Waals surface area contributed by atoms with E-state index < -0.39 is 5.60 Å². The predicted molar refractivity (Wildman–Crippen MR) is 57.9 cm³/mol. The number of ether oxygens (including phenoxy) is 2. The molecule has 0 fully saturated rings. The van der Waals surface area contributed by atoms with E-state index in [1.54, 1.807) is 19.1 Å². The predicted octanol–water partition coefficient (Wildman–Crippen LogP) is 1.68. The van der Waals surface area contributed by atoms with Gasteiger partial charge in [0, 0.05) is 5.56 Å². The van der Waals surface area contributed by atoms with Crippen LogP contribution in [0.2, 0.25) is 0 Å². The summed E-state index contributed by atoms with van der Waals surface area (Å²) < 4.78 is 10.4. The third kappa shape index (κ3) is 1.76. The van der Waals surface area contributed by atoms with Crippen LogP contribution in [0.15, 0.2) is 12.1 Å². The number of rotatable bonds is 2. The molecule has 0 saturated carbocycles. The average Bonchev–Trinajstić information content (AvgIpc) is 2.60. The highest BCUT2D eigenvalue weighted by molar-refractivity contribution is 6.03. The number of ketones is 1. The molecule has 0 spiro atoms. The summed E-state index contributed by atoms with van der Waals surface area (Å²) >= 11 is 0. The fourth-order valence-electron chi connectivity index (χ4n) is 1.62. The molecule has 4 nitrogen and oxygen atoms in total. The van der Waals surface area contributed by atoms with Crippen molar-refractivity contribution in [1.82, 2.24) is 0 Å². The van der Waals surface area contributed by atoms with E-state index in [0.717, 1.165) is 5.56 Å². The quantitative estimate of drug-likeness (QED) is 0.773. The summed E-state index contributed by atoms with van der Waals surface area (Å²) in [5, 5.41) is 9.69. The van der Waals surface area contributed by atoms with Crippen molar-refractivity contribution in [3.05, 3.63) is 23.3 Å². The first-order chi connectivity index (χ1) is 7.39. The minimum Gasteiger partial charge on any atom is -0.454 e. The van der Waals surface area contributed by atoms with Crippen LogP contribution in [0.1, 0.15) is 29.8 Å². The number of aliphatic hydroxyl groups is 1. The Morgan fingerprint density at radius 2 is 1.88 bits per heavy atom. The molecule has 0 saturated heterocycles. The van der Waals surface area contributed by atoms with Gasteiger partial charge in [0.25, 0.3) is 0 Å². The van der Waals surface area contributed by atoms with Crippen LogP contribution >= 0.6 is 0 Å². The van der Waals surface area contributed by atoms with Gasteiger partial charge in [-0.15, -0.1) is 0 Å². The molecule has 0 amide bonds. The molecular formula is C12H14O4. The summed E-state index contributed by atoms with van der Waals surface area (Å²) in [5.41, 5.74) is -0.133. The highest BCUT2D eigenvalue weighted by Gasteiger charge is 2.28. The molecule has 0 atom stereocenters. The molecule has 1 heterocycles. The van der Waals surface area contributed by atoms with Crippen molar-refractivity contribution in [2.24, 2.45) is 0 Å². The Hall–Kier alpha value is -1.55. The van der Waals surface area contributed by atoms with Crippen LogP contribution in [-0.4, -0.2) is 23.3 Å². The van der Waals surface area contributed by atoms with Gasteiger partial charge < -0.3 is 14.6 Å². The van der Waals surface area contributed by atoms with E-state index in [-0.39, 0.29) is 12.6 Å². The largest absolute Gasteiger partial charge is 0.454 e. The van der Waals surface area contributed by atoms with Gasteiger partial charge in [-0.1, -0.05) is 0 Å². The number of hydrogen-bond acceptors (Lipinski definition) is 4. The average molecular weight is 222 g/mol. The van der Waals surface area contributed by atoms with Crippen LogP contribution in [0.4, 0.5) is 0 Å². The fraction of sp³-hybridized carbons (Fsp3) is 0.417. The third-order valence-electron chi connectivity index (χ3n) is 2.52. The number of carbonyl (C=O) groups excluding carboxylic acids is 1. The molecule has 1 aliphatic heterocycles. The Bertz CT molecular complexity index is 443. The number of fused-ring (bicyclic) bond motifs is 1. The summed E-state index contributed by atoms with van der Waals surface area (Å²) in [4.78, 5) is 11.9. The maximum absolute atomic E-state index is 11.9. The zero-order valence-corrected chi connectivity index (χ0v) is 9.53. The van der Waals surface area contributed by atoms with Gasteiger partial charge in [0.1, 0.15) is 5.60 Å². The Morgan fingerprint density at radius 1 is 1.31 bits per heavy atom. The maximum Gasteiger partial charge on any atom is 0.231 e. The van der Waals surface area contributed by atoms with Gasteiger partial charge in [-0.3, -0.25) is 4.79 Å². The van der Waals surface area contributed by atoms with Gasteiger partial charge in [0.2, 0.25) is 6.79 Å². The first-order valence-corrected chi connectivity index (χ1v) is 5.07. The number of Topliss-reactive ketones (excluding diaryl/α,β-unsaturated/α-hetero) is 1. The SMILES string of the molecule is Cc1cc2c(cc1C(=O)C(C)(C)O)OCO2. The molecule has 0 aromatic heterocycles. The third-order valence-corrected chi connectivity index (χ3v) is 2.52. The highest BCUT2D eigenvalue weighted by atomic mass is 16.7. The van der Waals surface area contributed by atoms with Gasteiger partial charge in [-0.2, -0.15) is 0 Å². The molecule has 1 aliphatic rings. The Kier molecular flexibility index (Phi) is 2.39. The fourth-order valence-corrected chi connectivity index (χ4v) is 1.62. The molecule has 2 rings (SSSR count). The van der Waals surface area contributed by atoms with Crippen molar-refractivity contribution in [2.45, 2.75) is 26.4 Å². The van der Waals surface area contributed by atoms with Gasteiger partial charge in [0.05, 0.1) is 0 Å². The van der Waals surface area contributed by atoms with Crippen LogP contribution in [0.3, 0.4) is 0 Å². The van der Waals surface area contributed by atoms with Crippen LogP contribution in [-0.2, 0) is 0 Å². The van der Waals surface area contributed by atoms with E-state index in [1.807, 2.05) is 0 Å². The molecule has 4 heteroatoms. The first kappa shape index (κ1) is 11.0. The first-order valence-electron chi connectivity index (χ1n) is 5.07. The standard InChI is InChI=1S/C12H14O4/c1-7-4-9-10(16-6-15-9)5-8(7)11(13)12(2,3)14/h4-5,14H,6H2,1-3H3. The van der Waals surface area contributed by atoms with Gasteiger partial charge in [-0.25, -0.2) is 0 Å². The van der Waals surface area contributed by atoms with Crippen LogP contribution in [0.25, 0.3) is 0 Å². The van der Waals surface area contributed by atoms with E-state index >= 15 is 0 Å². The number of carbonyl (C=O) groups is 1. The Balaban J connectivity index is 2.47. The highest BCUT2D eigenvalue weighted by Crippen LogP contribution is 2.35. The molecule has 0 bridgehead atoms. The summed E-state index contributed by atoms with van der Waals surface area (Å²) in [6.07, 6.45) is 0. The second kappa shape index (κ2) is 3.49. The molecule has 86 valence electrons. The zero-order valence-electron chi connectivity index (χ0n) is 9.53. The van der Waals surface area contributed by atoms with E-state index in [9.17, 15) is 9.90 Å². The van der Waals surface area contributed by atoms with Crippen LogP contribution in [0, 0.1) is 6.92 Å². The van der Waals surface area contributed by atoms with Crippen molar-refractivity contribution in [2.75, 3.05) is 6.79 Å². The summed E-state index contributed by atoms with van der Waals surface area (Å²) in [7, 11) is 0. The van der Waals surface area contributed by atoms with E-state index in [4.69, 9.17) is 9.47 Å². The smallest absolute Gasteiger partial charge is 0.231 e. The monoisotopic (exact) mass is 222 g/mol. The molecule has 1 N–H and O–H groups in total. The lowest BCUT2D eigenvalue weighted by Crippen LogP contribution is -2.31. The van der Waals surface area contributed by atoms with Crippen LogP contribution < -0.4 is 9.47 Å². The summed E-state index contributed by atoms with van der Waals surface area (Å²) in [5.74, 6) is 0.881. The van der Waals surface area contributed by atoms with E-state index in [2.05, 4.69) is 0 Å². The molecule has 0 unspecified atom stereocenters. The molecule has 1 aromatic rings. The number of benzene rings is 1. The van der Waals surface area contributed by atoms with Crippen LogP contribution in [0.5, 0.6) is 11.5 Å². The van der Waals surface area contributed by atoms with Crippen molar-refractivity contribution < 1.29 is 19.4 Å². The van der Waals surface area contributed by atoms with Gasteiger partial charge >= 0.3 is 0 Å². The number of hydrogen-bond donors (Lipinski definition) is 1. The lowest BCUT2D eigenvalue weighted by molar-refractivity contribution is 0.0487. The van der Waals surface area contributed by atoms with Gasteiger partial charge in [-0.05, 0) is 38.5 Å². The minimum absolute atomic E-state index is 0.176. The van der Waals surface area contributed by atoms with E-state index in [0.29, 0.717) is 17.1 Å². The zero-order chi connectivity index (χ0) is 11.9. The molecule has 1 aromatic carbocycles. The maximum atomic E-state index is 11.9. The minimum atomic E-state index is -1.38. The Morgan fingerprint density at radius 3 is 2.44 bits per heavy atom. The molecule has 0 radical (unpaired) electrons.